The topological polar surface area (TPSA) is 42.7 Å². The number of fused-ring (bicyclic) bond motifs is 2. The lowest BCUT2D eigenvalue weighted by Gasteiger charge is -2.43. The van der Waals surface area contributed by atoms with E-state index in [4.69, 9.17) is 0 Å². The molecule has 2 saturated carbocycles. The van der Waals surface area contributed by atoms with E-state index >= 15 is 0 Å². The van der Waals surface area contributed by atoms with Crippen LogP contribution < -0.4 is 5.32 Å². The minimum absolute atomic E-state index is 0.373. The van der Waals surface area contributed by atoms with Gasteiger partial charge in [0.25, 0.3) is 0 Å². The van der Waals surface area contributed by atoms with Gasteiger partial charge in [0, 0.05) is 12.1 Å². The first-order valence-electron chi connectivity index (χ1n) is 7.96. The van der Waals surface area contributed by atoms with Crippen LogP contribution in [0.4, 0.5) is 0 Å². The fourth-order valence-corrected chi connectivity index (χ4v) is 4.84. The van der Waals surface area contributed by atoms with Crippen LogP contribution in [0, 0.1) is 16.7 Å². The second-order valence-electron chi connectivity index (χ2n) is 7.94. The van der Waals surface area contributed by atoms with Gasteiger partial charge in [0.1, 0.15) is 12.2 Å². The molecule has 0 spiro atoms. The van der Waals surface area contributed by atoms with Gasteiger partial charge in [0.2, 0.25) is 0 Å². The molecule has 112 valence electrons. The zero-order valence-corrected chi connectivity index (χ0v) is 13.5. The SMILES string of the molecule is CC(C)n1ncnc1CNC1C2(C)CCC(C2)C1(C)C. The summed E-state index contributed by atoms with van der Waals surface area (Å²) < 4.78 is 2.02. The minimum Gasteiger partial charge on any atom is -0.306 e. The van der Waals surface area contributed by atoms with Gasteiger partial charge < -0.3 is 5.32 Å². The van der Waals surface area contributed by atoms with Crippen molar-refractivity contribution < 1.29 is 0 Å². The van der Waals surface area contributed by atoms with Crippen LogP contribution in [-0.4, -0.2) is 20.8 Å². The Morgan fingerprint density at radius 2 is 2.15 bits per heavy atom. The summed E-state index contributed by atoms with van der Waals surface area (Å²) in [6.45, 7) is 12.5. The Morgan fingerprint density at radius 1 is 1.40 bits per heavy atom. The molecule has 1 N–H and O–H groups in total. The monoisotopic (exact) mass is 276 g/mol. The van der Waals surface area contributed by atoms with Gasteiger partial charge in [-0.1, -0.05) is 20.8 Å². The lowest BCUT2D eigenvalue weighted by molar-refractivity contribution is 0.107. The molecule has 2 aliphatic carbocycles. The van der Waals surface area contributed by atoms with Gasteiger partial charge in [-0.3, -0.25) is 0 Å². The van der Waals surface area contributed by atoms with Gasteiger partial charge in [-0.05, 0) is 49.9 Å². The highest BCUT2D eigenvalue weighted by Crippen LogP contribution is 2.62. The Bertz CT molecular complexity index is 486. The van der Waals surface area contributed by atoms with E-state index in [0.29, 0.717) is 22.9 Å². The number of nitrogens with zero attached hydrogens (tertiary/aromatic N) is 3. The fourth-order valence-electron chi connectivity index (χ4n) is 4.84. The molecule has 3 atom stereocenters. The largest absolute Gasteiger partial charge is 0.306 e. The lowest BCUT2D eigenvalue weighted by atomic mass is 9.68. The molecule has 4 nitrogen and oxygen atoms in total. The van der Waals surface area contributed by atoms with Crippen molar-refractivity contribution in [2.45, 2.75) is 72.5 Å². The first-order chi connectivity index (χ1) is 9.34. The van der Waals surface area contributed by atoms with Crippen molar-refractivity contribution in [2.24, 2.45) is 16.7 Å². The molecular weight excluding hydrogens is 248 g/mol. The van der Waals surface area contributed by atoms with Crippen LogP contribution in [0.1, 0.15) is 65.7 Å². The molecule has 1 aromatic heterocycles. The minimum atomic E-state index is 0.373. The van der Waals surface area contributed by atoms with Crippen molar-refractivity contribution in [3.8, 4) is 0 Å². The Balaban J connectivity index is 1.74. The third-order valence-corrected chi connectivity index (χ3v) is 5.87. The molecule has 0 saturated heterocycles. The number of aromatic nitrogens is 3. The summed E-state index contributed by atoms with van der Waals surface area (Å²) in [5, 5.41) is 8.15. The number of hydrogen-bond donors (Lipinski definition) is 1. The second kappa shape index (κ2) is 4.55. The quantitative estimate of drug-likeness (QED) is 0.918. The zero-order chi connectivity index (χ0) is 14.5. The van der Waals surface area contributed by atoms with E-state index in [1.165, 1.54) is 19.3 Å². The van der Waals surface area contributed by atoms with Crippen molar-refractivity contribution in [1.29, 1.82) is 0 Å². The standard InChI is InChI=1S/C16H28N4/c1-11(2)20-13(18-10-19-20)9-17-14-15(3,4)12-6-7-16(14,5)8-12/h10-12,14,17H,6-9H2,1-5H3. The molecule has 3 rings (SSSR count). The molecule has 20 heavy (non-hydrogen) atoms. The average molecular weight is 276 g/mol. The summed E-state index contributed by atoms with van der Waals surface area (Å²) in [5.41, 5.74) is 0.868. The maximum atomic E-state index is 4.42. The van der Waals surface area contributed by atoms with Gasteiger partial charge in [-0.15, -0.1) is 0 Å². The van der Waals surface area contributed by atoms with Crippen LogP contribution in [-0.2, 0) is 6.54 Å². The van der Waals surface area contributed by atoms with Gasteiger partial charge in [0.05, 0.1) is 6.54 Å². The van der Waals surface area contributed by atoms with Crippen molar-refractivity contribution in [3.63, 3.8) is 0 Å². The molecule has 1 heterocycles. The Morgan fingerprint density at radius 3 is 2.75 bits per heavy atom. The number of rotatable bonds is 4. The van der Waals surface area contributed by atoms with Gasteiger partial charge in [-0.25, -0.2) is 9.67 Å². The van der Waals surface area contributed by atoms with Crippen LogP contribution in [0.25, 0.3) is 0 Å². The van der Waals surface area contributed by atoms with Gasteiger partial charge in [-0.2, -0.15) is 5.10 Å². The number of nitrogens with one attached hydrogen (secondary N) is 1. The fraction of sp³-hybridized carbons (Fsp3) is 0.875. The second-order valence-corrected chi connectivity index (χ2v) is 7.94. The summed E-state index contributed by atoms with van der Waals surface area (Å²) in [5.74, 6) is 1.94. The van der Waals surface area contributed by atoms with E-state index in [1.54, 1.807) is 6.33 Å². The molecule has 3 unspecified atom stereocenters. The molecule has 0 aliphatic heterocycles. The Labute approximate surface area is 122 Å². The van der Waals surface area contributed by atoms with Crippen LogP contribution >= 0.6 is 0 Å². The molecule has 4 heteroatoms. The average Bonchev–Trinajstić information content (AvgIpc) is 2.99. The maximum absolute atomic E-state index is 4.42. The highest BCUT2D eigenvalue weighted by molar-refractivity contribution is 5.12. The van der Waals surface area contributed by atoms with Crippen molar-refractivity contribution >= 4 is 0 Å². The Hall–Kier alpha value is -0.900. The predicted octanol–water partition coefficient (Wildman–Crippen LogP) is 3.16. The van der Waals surface area contributed by atoms with Crippen molar-refractivity contribution in [2.75, 3.05) is 0 Å². The third kappa shape index (κ3) is 2.00. The summed E-state index contributed by atoms with van der Waals surface area (Å²) in [6, 6.07) is 0.962. The first-order valence-corrected chi connectivity index (χ1v) is 7.96. The highest BCUT2D eigenvalue weighted by atomic mass is 15.4. The van der Waals surface area contributed by atoms with Crippen LogP contribution in [0.15, 0.2) is 6.33 Å². The molecule has 2 aliphatic rings. The maximum Gasteiger partial charge on any atom is 0.141 e. The van der Waals surface area contributed by atoms with Crippen molar-refractivity contribution in [3.05, 3.63) is 12.2 Å². The Kier molecular flexibility index (Phi) is 3.20. The summed E-state index contributed by atoms with van der Waals surface area (Å²) in [4.78, 5) is 4.42. The van der Waals surface area contributed by atoms with E-state index in [-0.39, 0.29) is 0 Å². The van der Waals surface area contributed by atoms with Crippen LogP contribution in [0.2, 0.25) is 0 Å². The smallest absolute Gasteiger partial charge is 0.141 e. The summed E-state index contributed by atoms with van der Waals surface area (Å²) in [6.07, 6.45) is 5.83. The van der Waals surface area contributed by atoms with Crippen molar-refractivity contribution in [1.82, 2.24) is 20.1 Å². The highest BCUT2D eigenvalue weighted by Gasteiger charge is 2.58. The molecule has 2 fully saturated rings. The van der Waals surface area contributed by atoms with Crippen LogP contribution in [0.5, 0.6) is 0 Å². The van der Waals surface area contributed by atoms with Gasteiger partial charge in [0.15, 0.2) is 0 Å². The third-order valence-electron chi connectivity index (χ3n) is 5.87. The molecule has 0 radical (unpaired) electrons. The molecule has 0 aromatic carbocycles. The van der Waals surface area contributed by atoms with E-state index in [9.17, 15) is 0 Å². The predicted molar refractivity (Wildman–Crippen MR) is 80.3 cm³/mol. The van der Waals surface area contributed by atoms with E-state index in [1.807, 2.05) is 4.68 Å². The van der Waals surface area contributed by atoms with E-state index < -0.39 is 0 Å². The van der Waals surface area contributed by atoms with E-state index in [2.05, 4.69) is 50.0 Å². The number of hydrogen-bond acceptors (Lipinski definition) is 3. The van der Waals surface area contributed by atoms with Gasteiger partial charge >= 0.3 is 0 Å². The summed E-state index contributed by atoms with van der Waals surface area (Å²) >= 11 is 0. The molecule has 1 aromatic rings. The van der Waals surface area contributed by atoms with Crippen LogP contribution in [0.3, 0.4) is 0 Å². The summed E-state index contributed by atoms with van der Waals surface area (Å²) in [7, 11) is 0. The van der Waals surface area contributed by atoms with E-state index in [0.717, 1.165) is 18.3 Å². The normalized spacial score (nSPS) is 35.1. The lowest BCUT2D eigenvalue weighted by Crippen LogP contribution is -2.50. The zero-order valence-electron chi connectivity index (χ0n) is 13.5. The first kappa shape index (κ1) is 14.1. The molecular formula is C16H28N4. The molecule has 2 bridgehead atoms. The molecule has 0 amide bonds.